The van der Waals surface area contributed by atoms with Crippen LogP contribution in [0, 0.1) is 11.7 Å². The molecule has 1 aliphatic carbocycles. The topological polar surface area (TPSA) is 35.2 Å². The van der Waals surface area contributed by atoms with Gasteiger partial charge >= 0.3 is 0 Å². The monoisotopic (exact) mass is 209 g/mol. The number of hydrogen-bond acceptors (Lipinski definition) is 2. The molecular formula is C12H16FNO. The molecule has 1 aromatic rings. The van der Waals surface area contributed by atoms with Gasteiger partial charge in [-0.2, -0.15) is 0 Å². The molecule has 0 spiro atoms. The standard InChI is InChI=1S/C12H16FNO/c1-15-12-7-9(4-5-10(12)13)11(14)6-8-2-3-8/h4-5,7-8,11H,2-3,6,14H2,1H3. The first kappa shape index (κ1) is 10.4. The van der Waals surface area contributed by atoms with Crippen LogP contribution in [0.2, 0.25) is 0 Å². The summed E-state index contributed by atoms with van der Waals surface area (Å²) in [6, 6.07) is 4.86. The molecule has 15 heavy (non-hydrogen) atoms. The Balaban J connectivity index is 2.12. The Morgan fingerprint density at radius 3 is 2.87 bits per heavy atom. The highest BCUT2D eigenvalue weighted by Gasteiger charge is 2.24. The van der Waals surface area contributed by atoms with E-state index in [1.165, 1.54) is 26.0 Å². The van der Waals surface area contributed by atoms with Gasteiger partial charge in [-0.1, -0.05) is 18.9 Å². The molecule has 1 fully saturated rings. The van der Waals surface area contributed by atoms with Crippen molar-refractivity contribution in [2.24, 2.45) is 11.7 Å². The molecule has 1 aromatic carbocycles. The van der Waals surface area contributed by atoms with Crippen molar-refractivity contribution in [2.45, 2.75) is 25.3 Å². The first-order valence-electron chi connectivity index (χ1n) is 5.29. The normalized spacial score (nSPS) is 17.5. The third kappa shape index (κ3) is 2.48. The Bertz CT molecular complexity index is 349. The van der Waals surface area contributed by atoms with Gasteiger partial charge < -0.3 is 10.5 Å². The summed E-state index contributed by atoms with van der Waals surface area (Å²) in [6.45, 7) is 0. The molecule has 3 heteroatoms. The molecule has 1 unspecified atom stereocenters. The lowest BCUT2D eigenvalue weighted by Gasteiger charge is -2.12. The smallest absolute Gasteiger partial charge is 0.165 e. The molecule has 0 saturated heterocycles. The van der Waals surface area contributed by atoms with Crippen molar-refractivity contribution in [3.8, 4) is 5.75 Å². The Morgan fingerprint density at radius 2 is 2.27 bits per heavy atom. The molecule has 82 valence electrons. The van der Waals surface area contributed by atoms with Gasteiger partial charge in [0.05, 0.1) is 7.11 Å². The lowest BCUT2D eigenvalue weighted by Crippen LogP contribution is -2.11. The molecule has 0 heterocycles. The summed E-state index contributed by atoms with van der Waals surface area (Å²) >= 11 is 0. The van der Waals surface area contributed by atoms with E-state index in [9.17, 15) is 4.39 Å². The van der Waals surface area contributed by atoms with Crippen LogP contribution in [0.1, 0.15) is 30.9 Å². The predicted molar refractivity (Wildman–Crippen MR) is 57.2 cm³/mol. The second kappa shape index (κ2) is 4.19. The zero-order chi connectivity index (χ0) is 10.8. The van der Waals surface area contributed by atoms with Crippen molar-refractivity contribution < 1.29 is 9.13 Å². The second-order valence-electron chi connectivity index (χ2n) is 4.18. The molecule has 0 radical (unpaired) electrons. The van der Waals surface area contributed by atoms with Crippen molar-refractivity contribution in [1.29, 1.82) is 0 Å². The van der Waals surface area contributed by atoms with Gasteiger partial charge in [0.2, 0.25) is 0 Å². The Labute approximate surface area is 89.2 Å². The highest BCUT2D eigenvalue weighted by molar-refractivity contribution is 5.32. The maximum Gasteiger partial charge on any atom is 0.165 e. The van der Waals surface area contributed by atoms with Crippen LogP contribution in [-0.4, -0.2) is 7.11 Å². The number of methoxy groups -OCH3 is 1. The number of halogens is 1. The molecule has 1 atom stereocenters. The summed E-state index contributed by atoms with van der Waals surface area (Å²) in [5.74, 6) is 0.717. The van der Waals surface area contributed by atoms with E-state index in [2.05, 4.69) is 0 Å². The minimum absolute atomic E-state index is 0.00648. The van der Waals surface area contributed by atoms with Gasteiger partial charge in [0, 0.05) is 6.04 Å². The number of ether oxygens (including phenoxy) is 1. The lowest BCUT2D eigenvalue weighted by molar-refractivity contribution is 0.385. The van der Waals surface area contributed by atoms with Gasteiger partial charge in [-0.15, -0.1) is 0 Å². The molecule has 2 rings (SSSR count). The summed E-state index contributed by atoms with van der Waals surface area (Å²) in [5.41, 5.74) is 6.99. The quantitative estimate of drug-likeness (QED) is 0.827. The van der Waals surface area contributed by atoms with Crippen LogP contribution in [0.4, 0.5) is 4.39 Å². The average molecular weight is 209 g/mol. The number of nitrogens with two attached hydrogens (primary N) is 1. The molecule has 2 N–H and O–H groups in total. The van der Waals surface area contributed by atoms with Gasteiger partial charge in [0.25, 0.3) is 0 Å². The molecule has 0 bridgehead atoms. The van der Waals surface area contributed by atoms with E-state index in [-0.39, 0.29) is 17.6 Å². The molecule has 0 aliphatic heterocycles. The Morgan fingerprint density at radius 1 is 1.53 bits per heavy atom. The van der Waals surface area contributed by atoms with Gasteiger partial charge in [-0.05, 0) is 30.0 Å². The first-order valence-corrected chi connectivity index (χ1v) is 5.29. The van der Waals surface area contributed by atoms with E-state index in [4.69, 9.17) is 10.5 Å². The van der Waals surface area contributed by atoms with Crippen LogP contribution < -0.4 is 10.5 Å². The summed E-state index contributed by atoms with van der Waals surface area (Å²) in [5, 5.41) is 0. The van der Waals surface area contributed by atoms with E-state index in [0.29, 0.717) is 0 Å². The number of hydrogen-bond donors (Lipinski definition) is 1. The number of rotatable bonds is 4. The van der Waals surface area contributed by atoms with E-state index >= 15 is 0 Å². The first-order chi connectivity index (χ1) is 7.20. The van der Waals surface area contributed by atoms with E-state index in [1.807, 2.05) is 0 Å². The van der Waals surface area contributed by atoms with Crippen molar-refractivity contribution in [3.63, 3.8) is 0 Å². The van der Waals surface area contributed by atoms with Gasteiger partial charge in [-0.3, -0.25) is 0 Å². The highest BCUT2D eigenvalue weighted by Crippen LogP contribution is 2.37. The van der Waals surface area contributed by atoms with Crippen LogP contribution >= 0.6 is 0 Å². The SMILES string of the molecule is COc1cc(C(N)CC2CC2)ccc1F. The minimum Gasteiger partial charge on any atom is -0.494 e. The van der Waals surface area contributed by atoms with E-state index in [1.54, 1.807) is 12.1 Å². The van der Waals surface area contributed by atoms with E-state index < -0.39 is 0 Å². The summed E-state index contributed by atoms with van der Waals surface area (Å²) < 4.78 is 18.1. The van der Waals surface area contributed by atoms with Gasteiger partial charge in [0.1, 0.15) is 0 Å². The zero-order valence-corrected chi connectivity index (χ0v) is 8.87. The maximum absolute atomic E-state index is 13.1. The third-order valence-corrected chi connectivity index (χ3v) is 2.89. The van der Waals surface area contributed by atoms with Crippen molar-refractivity contribution in [1.82, 2.24) is 0 Å². The van der Waals surface area contributed by atoms with Crippen molar-refractivity contribution >= 4 is 0 Å². The summed E-state index contributed by atoms with van der Waals surface area (Å²) in [6.07, 6.45) is 3.56. The Kier molecular flexibility index (Phi) is 2.91. The van der Waals surface area contributed by atoms with Gasteiger partial charge in [0.15, 0.2) is 11.6 Å². The number of benzene rings is 1. The Hall–Kier alpha value is -1.09. The highest BCUT2D eigenvalue weighted by atomic mass is 19.1. The largest absolute Gasteiger partial charge is 0.494 e. The van der Waals surface area contributed by atoms with Crippen molar-refractivity contribution in [3.05, 3.63) is 29.6 Å². The fourth-order valence-electron chi connectivity index (χ4n) is 1.76. The van der Waals surface area contributed by atoms with Gasteiger partial charge in [-0.25, -0.2) is 4.39 Å². The molecular weight excluding hydrogens is 193 g/mol. The maximum atomic E-state index is 13.1. The van der Waals surface area contributed by atoms with Crippen molar-refractivity contribution in [2.75, 3.05) is 7.11 Å². The van der Waals surface area contributed by atoms with E-state index in [0.717, 1.165) is 17.9 Å². The summed E-state index contributed by atoms with van der Waals surface area (Å²) in [4.78, 5) is 0. The molecule has 2 nitrogen and oxygen atoms in total. The van der Waals surface area contributed by atoms with Crippen LogP contribution in [0.5, 0.6) is 5.75 Å². The van der Waals surface area contributed by atoms with Crippen LogP contribution in [-0.2, 0) is 0 Å². The molecule has 0 aromatic heterocycles. The lowest BCUT2D eigenvalue weighted by atomic mass is 10.0. The molecule has 0 amide bonds. The molecule has 1 aliphatic rings. The fraction of sp³-hybridized carbons (Fsp3) is 0.500. The summed E-state index contributed by atoms with van der Waals surface area (Å²) in [7, 11) is 1.47. The fourth-order valence-corrected chi connectivity index (χ4v) is 1.76. The van der Waals surface area contributed by atoms with Crippen LogP contribution in [0.25, 0.3) is 0 Å². The third-order valence-electron chi connectivity index (χ3n) is 2.89. The van der Waals surface area contributed by atoms with Crippen LogP contribution in [0.15, 0.2) is 18.2 Å². The predicted octanol–water partition coefficient (Wildman–Crippen LogP) is 2.63. The average Bonchev–Trinajstić information content (AvgIpc) is 3.02. The second-order valence-corrected chi connectivity index (χ2v) is 4.18. The minimum atomic E-state index is -0.333. The van der Waals surface area contributed by atoms with Crippen LogP contribution in [0.3, 0.4) is 0 Å². The molecule has 1 saturated carbocycles. The zero-order valence-electron chi connectivity index (χ0n) is 8.87.